The maximum atomic E-state index is 12.9. The van der Waals surface area contributed by atoms with Gasteiger partial charge >= 0.3 is 17.5 Å². The number of phenolic OH excluding ortho intramolecular Hbond substituents is 2. The second-order valence-corrected chi connectivity index (χ2v) is 12.5. The van der Waals surface area contributed by atoms with Crippen molar-refractivity contribution in [2.45, 2.75) is 17.0 Å². The minimum absolute atomic E-state index is 0.00813. The fourth-order valence-electron chi connectivity index (χ4n) is 4.34. The summed E-state index contributed by atoms with van der Waals surface area (Å²) in [4.78, 5) is 60.7. The number of hydrogen-bond acceptors (Lipinski definition) is 12. The lowest BCUT2D eigenvalue weighted by molar-refractivity contribution is -0.864. The maximum Gasteiger partial charge on any atom is 0.362 e. The quantitative estimate of drug-likeness (QED) is 0.0653. The molecule has 17 heteroatoms. The summed E-state index contributed by atoms with van der Waals surface area (Å²) >= 11 is 2.19. The zero-order chi connectivity index (χ0) is 31.7. The molecule has 3 heterocycles. The van der Waals surface area contributed by atoms with E-state index >= 15 is 0 Å². The van der Waals surface area contributed by atoms with Gasteiger partial charge in [0.05, 0.1) is 27.7 Å². The molecule has 0 aliphatic carbocycles. The van der Waals surface area contributed by atoms with Crippen LogP contribution in [0.5, 0.6) is 11.5 Å². The van der Waals surface area contributed by atoms with Gasteiger partial charge in [-0.3, -0.25) is 14.5 Å². The normalized spacial score (nSPS) is 20.1. The number of anilines is 1. The van der Waals surface area contributed by atoms with Crippen LogP contribution < -0.4 is 11.1 Å². The molecule has 1 fully saturated rings. The van der Waals surface area contributed by atoms with Crippen LogP contribution in [0.25, 0.3) is 0 Å². The highest BCUT2D eigenvalue weighted by Crippen LogP contribution is 2.41. The summed E-state index contributed by atoms with van der Waals surface area (Å²) in [5.41, 5.74) is 3.13. The molecule has 1 saturated heterocycles. The number of carboxylic acids is 2. The summed E-state index contributed by atoms with van der Waals surface area (Å²) in [6, 6.07) is 2.08. The van der Waals surface area contributed by atoms with E-state index in [1.54, 1.807) is 6.08 Å². The number of quaternary nitrogens is 1. The minimum atomic E-state index is -2.48. The van der Waals surface area contributed by atoms with Gasteiger partial charge in [-0.15, -0.1) is 23.1 Å². The van der Waals surface area contributed by atoms with Gasteiger partial charge in [0.15, 0.2) is 16.6 Å². The van der Waals surface area contributed by atoms with Crippen molar-refractivity contribution in [2.75, 3.05) is 39.2 Å². The number of likely N-dealkylation sites (N-methyl/N-ethyl adjacent to an activating group) is 1. The van der Waals surface area contributed by atoms with Crippen molar-refractivity contribution >= 4 is 58.2 Å². The summed E-state index contributed by atoms with van der Waals surface area (Å²) in [7, 11) is 5.95. The number of nitrogens with zero attached hydrogens (tertiary/aromatic N) is 4. The monoisotopic (exact) mass is 633 g/mol. The Morgan fingerprint density at radius 2 is 1.98 bits per heavy atom. The molecule has 3 atom stereocenters. The van der Waals surface area contributed by atoms with Crippen molar-refractivity contribution in [2.24, 2.45) is 5.16 Å². The number of amides is 2. The molecule has 2 aromatic rings. The maximum absolute atomic E-state index is 12.9. The summed E-state index contributed by atoms with van der Waals surface area (Å²) in [5.74, 6) is -5.30. The van der Waals surface area contributed by atoms with Gasteiger partial charge in [-0.2, -0.15) is 0 Å². The molecule has 2 aliphatic rings. The number of oxime groups is 1. The highest BCUT2D eigenvalue weighted by molar-refractivity contribution is 8.00. The van der Waals surface area contributed by atoms with Gasteiger partial charge in [0.25, 0.3) is 11.8 Å². The van der Waals surface area contributed by atoms with Crippen molar-refractivity contribution in [3.8, 4) is 11.5 Å². The number of β-lactam (4-membered cyclic amide) rings is 1. The highest BCUT2D eigenvalue weighted by Gasteiger charge is 2.54. The number of thiazole rings is 1. The van der Waals surface area contributed by atoms with E-state index in [9.17, 15) is 39.6 Å². The molecule has 0 spiro atoms. The van der Waals surface area contributed by atoms with E-state index in [4.69, 9.17) is 10.6 Å². The zero-order valence-electron chi connectivity index (χ0n) is 23.1. The Labute approximate surface area is 253 Å². The lowest BCUT2D eigenvalue weighted by Gasteiger charge is -2.49. The van der Waals surface area contributed by atoms with Crippen LogP contribution in [-0.4, -0.2) is 110 Å². The molecule has 43 heavy (non-hydrogen) atoms. The van der Waals surface area contributed by atoms with Crippen LogP contribution in [-0.2, 0) is 29.6 Å². The molecule has 0 saturated carbocycles. The number of nitrogen functional groups attached to an aromatic ring is 1. The molecule has 1 aromatic carbocycles. The molecular formula is C26H29N6O9S2+. The Balaban J connectivity index is 1.52. The average molecular weight is 634 g/mol. The number of nitrogens with one attached hydrogen (secondary N) is 1. The lowest BCUT2D eigenvalue weighted by Crippen LogP contribution is -2.70. The standard InChI is InChI=1S/C26H28N6O9S2/c1-32(2,3)8-4-5-13-11-42-22-19(21(36)31(22)20(13)23(37)38)30-18(35)10-28-41-26(24(39)40,17-12-43-25(27)29-17)14-6-7-15(33)16(34)9-14/h4-7,9-10,12,19,22H,8,11H2,1-3H3,(H6-,27,28,29,30,33,34,35,37,38,39,40)/p+1/t19-,22-,26?/m1/s1. The molecule has 0 radical (unpaired) electrons. The van der Waals surface area contributed by atoms with Gasteiger partial charge in [0, 0.05) is 16.7 Å². The molecule has 228 valence electrons. The third-order valence-corrected chi connectivity index (χ3v) is 8.37. The van der Waals surface area contributed by atoms with Gasteiger partial charge in [-0.1, -0.05) is 11.2 Å². The number of fused-ring (bicyclic) bond motifs is 1. The first kappa shape index (κ1) is 31.3. The number of benzene rings is 1. The van der Waals surface area contributed by atoms with Gasteiger partial charge in [-0.25, -0.2) is 14.6 Å². The number of rotatable bonds is 11. The predicted octanol–water partition coefficient (Wildman–Crippen LogP) is 0.468. The van der Waals surface area contributed by atoms with E-state index in [2.05, 4.69) is 15.5 Å². The minimum Gasteiger partial charge on any atom is -0.504 e. The Morgan fingerprint density at radius 3 is 2.56 bits per heavy atom. The first-order valence-electron chi connectivity index (χ1n) is 12.5. The number of aliphatic carboxylic acids is 2. The largest absolute Gasteiger partial charge is 0.504 e. The molecule has 15 nitrogen and oxygen atoms in total. The summed E-state index contributed by atoms with van der Waals surface area (Å²) in [6.07, 6.45) is 4.15. The topological polar surface area (TPSA) is 225 Å². The van der Waals surface area contributed by atoms with Crippen molar-refractivity contribution < 1.29 is 48.9 Å². The van der Waals surface area contributed by atoms with E-state index in [0.29, 0.717) is 28.6 Å². The lowest BCUT2D eigenvalue weighted by atomic mass is 9.90. The number of phenols is 2. The number of hydrogen-bond donors (Lipinski definition) is 6. The van der Waals surface area contributed by atoms with Gasteiger partial charge in [0.2, 0.25) is 0 Å². The van der Waals surface area contributed by atoms with Crippen molar-refractivity contribution in [1.82, 2.24) is 15.2 Å². The van der Waals surface area contributed by atoms with Gasteiger partial charge < -0.3 is 40.8 Å². The number of aromatic hydroxyl groups is 2. The van der Waals surface area contributed by atoms with E-state index in [0.717, 1.165) is 34.4 Å². The number of thioether (sulfide) groups is 1. The molecule has 4 rings (SSSR count). The molecule has 0 bridgehead atoms. The molecule has 1 unspecified atom stereocenters. The van der Waals surface area contributed by atoms with Crippen LogP contribution in [0.3, 0.4) is 0 Å². The van der Waals surface area contributed by atoms with Crippen LogP contribution in [0, 0.1) is 0 Å². The first-order valence-corrected chi connectivity index (χ1v) is 14.5. The number of carbonyl (C=O) groups is 4. The second kappa shape index (κ2) is 11.9. The fourth-order valence-corrected chi connectivity index (χ4v) is 6.26. The zero-order valence-corrected chi connectivity index (χ0v) is 24.8. The SMILES string of the molecule is C[N+](C)(C)CC=CC1=C(C(=O)O)N2C(=O)[C@@H](NC(=O)C=NOC(C(=O)O)(c3ccc(O)c(O)c3)c3csc(N)n3)[C@H]2SC1. The third-order valence-electron chi connectivity index (χ3n) is 6.40. The van der Waals surface area contributed by atoms with E-state index in [-0.39, 0.29) is 22.1 Å². The smallest absolute Gasteiger partial charge is 0.362 e. The summed E-state index contributed by atoms with van der Waals surface area (Å²) in [5, 5.41) is 46.3. The van der Waals surface area contributed by atoms with Gasteiger partial charge in [-0.05, 0) is 29.8 Å². The number of carbonyl (C=O) groups excluding carboxylic acids is 2. The molecule has 7 N–H and O–H groups in total. The average Bonchev–Trinajstić information content (AvgIpc) is 3.36. The van der Waals surface area contributed by atoms with Crippen molar-refractivity contribution in [1.29, 1.82) is 0 Å². The van der Waals surface area contributed by atoms with E-state index < -0.39 is 52.3 Å². The molecule has 2 amide bonds. The molecular weight excluding hydrogens is 604 g/mol. The number of allylic oxidation sites excluding steroid dienone is 1. The van der Waals surface area contributed by atoms with Gasteiger partial charge in [0.1, 0.15) is 29.0 Å². The van der Waals surface area contributed by atoms with Crippen LogP contribution in [0.15, 0.2) is 52.2 Å². The third kappa shape index (κ3) is 6.27. The van der Waals surface area contributed by atoms with Crippen LogP contribution in [0.1, 0.15) is 11.3 Å². The Bertz CT molecular complexity index is 1560. The van der Waals surface area contributed by atoms with Crippen LogP contribution >= 0.6 is 23.1 Å². The van der Waals surface area contributed by atoms with Crippen molar-refractivity contribution in [3.05, 3.63) is 58.3 Å². The number of aromatic nitrogens is 1. The summed E-state index contributed by atoms with van der Waals surface area (Å²) < 4.78 is 0.632. The number of carboxylic acid groups (broad SMARTS) is 2. The first-order chi connectivity index (χ1) is 20.2. The van der Waals surface area contributed by atoms with E-state index in [1.807, 2.05) is 27.2 Å². The molecule has 1 aromatic heterocycles. The number of nitrogens with two attached hydrogens (primary N) is 1. The Kier molecular flexibility index (Phi) is 8.70. The van der Waals surface area contributed by atoms with Crippen LogP contribution in [0.4, 0.5) is 5.13 Å². The Morgan fingerprint density at radius 1 is 1.26 bits per heavy atom. The fraction of sp³-hybridized carbons (Fsp3) is 0.308. The van der Waals surface area contributed by atoms with Crippen molar-refractivity contribution in [3.63, 3.8) is 0 Å². The van der Waals surface area contributed by atoms with E-state index in [1.165, 1.54) is 17.1 Å². The van der Waals surface area contributed by atoms with Crippen LogP contribution in [0.2, 0.25) is 0 Å². The molecule has 2 aliphatic heterocycles. The Hall–Kier alpha value is -4.61. The second-order valence-electron chi connectivity index (χ2n) is 10.5. The predicted molar refractivity (Wildman–Crippen MR) is 156 cm³/mol. The highest BCUT2D eigenvalue weighted by atomic mass is 32.2. The summed E-state index contributed by atoms with van der Waals surface area (Å²) in [6.45, 7) is 0.644.